The lowest BCUT2D eigenvalue weighted by atomic mass is 10.3. The summed E-state index contributed by atoms with van der Waals surface area (Å²) in [6.07, 6.45) is 3.71. The Morgan fingerprint density at radius 1 is 1.39 bits per heavy atom. The number of aromatic nitrogens is 4. The number of carbonyl (C=O) groups excluding carboxylic acids is 2. The summed E-state index contributed by atoms with van der Waals surface area (Å²) < 4.78 is 2.68. The predicted octanol–water partition coefficient (Wildman–Crippen LogP) is 0.135. The molecule has 0 aliphatic rings. The summed E-state index contributed by atoms with van der Waals surface area (Å²) in [6, 6.07) is 0. The van der Waals surface area contributed by atoms with Crippen LogP contribution in [0.4, 0.5) is 11.4 Å². The van der Waals surface area contributed by atoms with Gasteiger partial charge in [-0.25, -0.2) is 0 Å². The maximum Gasteiger partial charge on any atom is 0.306 e. The van der Waals surface area contributed by atoms with E-state index in [4.69, 9.17) is 5.73 Å². The summed E-state index contributed by atoms with van der Waals surface area (Å²) in [4.78, 5) is 33.3. The molecule has 0 bridgehead atoms. The van der Waals surface area contributed by atoms with E-state index in [1.54, 1.807) is 6.92 Å². The molecular weight excluding hydrogens is 306 g/mol. The van der Waals surface area contributed by atoms with Gasteiger partial charge < -0.3 is 11.1 Å². The highest BCUT2D eigenvalue weighted by molar-refractivity contribution is 6.01. The van der Waals surface area contributed by atoms with Crippen LogP contribution >= 0.6 is 0 Å². The van der Waals surface area contributed by atoms with Crippen molar-refractivity contribution in [3.8, 4) is 0 Å². The predicted molar refractivity (Wildman–Crippen MR) is 78.5 cm³/mol. The van der Waals surface area contributed by atoms with Gasteiger partial charge in [-0.3, -0.25) is 29.1 Å². The number of primary amides is 1. The van der Waals surface area contributed by atoms with Gasteiger partial charge in [0.1, 0.15) is 18.1 Å². The molecule has 0 saturated carbocycles. The molecule has 2 aromatic rings. The van der Waals surface area contributed by atoms with Crippen molar-refractivity contribution in [1.82, 2.24) is 19.6 Å². The molecule has 122 valence electrons. The van der Waals surface area contributed by atoms with Gasteiger partial charge in [0.05, 0.1) is 16.8 Å². The molecule has 2 aromatic heterocycles. The fourth-order valence-corrected chi connectivity index (χ4v) is 1.97. The number of rotatable bonds is 7. The Hall–Kier alpha value is -3.24. The van der Waals surface area contributed by atoms with Crippen molar-refractivity contribution in [3.05, 3.63) is 34.4 Å². The second kappa shape index (κ2) is 6.68. The fourth-order valence-electron chi connectivity index (χ4n) is 1.97. The van der Waals surface area contributed by atoms with Gasteiger partial charge in [0.15, 0.2) is 0 Å². The summed E-state index contributed by atoms with van der Waals surface area (Å²) in [5.74, 6) is -1.08. The Morgan fingerprint density at radius 2 is 2.13 bits per heavy atom. The van der Waals surface area contributed by atoms with E-state index in [-0.39, 0.29) is 35.9 Å². The van der Waals surface area contributed by atoms with Crippen LogP contribution in [0.3, 0.4) is 0 Å². The summed E-state index contributed by atoms with van der Waals surface area (Å²) in [6.45, 7) is 2.38. The molecule has 0 spiro atoms. The van der Waals surface area contributed by atoms with Crippen molar-refractivity contribution in [2.24, 2.45) is 5.73 Å². The molecule has 0 radical (unpaired) electrons. The molecule has 2 amide bonds. The van der Waals surface area contributed by atoms with Crippen LogP contribution in [-0.2, 0) is 17.9 Å². The molecular formula is C12H15N7O4. The molecule has 0 aromatic carbocycles. The number of amides is 2. The van der Waals surface area contributed by atoms with Crippen molar-refractivity contribution >= 4 is 23.2 Å². The highest BCUT2D eigenvalue weighted by Crippen LogP contribution is 2.15. The first-order valence-corrected chi connectivity index (χ1v) is 6.74. The summed E-state index contributed by atoms with van der Waals surface area (Å²) in [5, 5.41) is 20.8. The number of nitrogens with zero attached hydrogens (tertiary/aromatic N) is 5. The Morgan fingerprint density at radius 3 is 2.70 bits per heavy atom. The van der Waals surface area contributed by atoms with Crippen LogP contribution in [0.25, 0.3) is 0 Å². The lowest BCUT2D eigenvalue weighted by Gasteiger charge is -2.06. The van der Waals surface area contributed by atoms with Gasteiger partial charge in [0.2, 0.25) is 5.91 Å². The Labute approximate surface area is 130 Å². The number of hydrogen-bond acceptors (Lipinski definition) is 6. The van der Waals surface area contributed by atoms with E-state index in [1.807, 2.05) is 0 Å². The first-order chi connectivity index (χ1) is 10.9. The van der Waals surface area contributed by atoms with Crippen LogP contribution in [0.5, 0.6) is 0 Å². The van der Waals surface area contributed by atoms with Gasteiger partial charge in [-0.05, 0) is 6.92 Å². The normalized spacial score (nSPS) is 10.5. The Balaban J connectivity index is 1.98. The lowest BCUT2D eigenvalue weighted by Crippen LogP contribution is -2.21. The maximum absolute atomic E-state index is 11.9. The molecule has 3 N–H and O–H groups in total. The van der Waals surface area contributed by atoms with E-state index in [0.29, 0.717) is 6.54 Å². The van der Waals surface area contributed by atoms with E-state index in [2.05, 4.69) is 15.5 Å². The number of anilines is 1. The molecule has 23 heavy (non-hydrogen) atoms. The second-order valence-corrected chi connectivity index (χ2v) is 4.60. The molecule has 2 heterocycles. The SMILES string of the molecule is CCn1ncc(NC(=O)CCn2cc([N+](=O)[O-])cn2)c1C(N)=O. The number of nitro groups is 1. The molecule has 2 rings (SSSR count). The number of nitrogens with two attached hydrogens (primary N) is 1. The molecule has 0 atom stereocenters. The molecule has 0 aliphatic carbocycles. The zero-order chi connectivity index (χ0) is 17.0. The third-order valence-corrected chi connectivity index (χ3v) is 3.04. The smallest absolute Gasteiger partial charge is 0.306 e. The monoisotopic (exact) mass is 321 g/mol. The van der Waals surface area contributed by atoms with E-state index in [1.165, 1.54) is 21.8 Å². The van der Waals surface area contributed by atoms with Crippen molar-refractivity contribution in [2.45, 2.75) is 26.4 Å². The standard InChI is InChI=1S/C12H15N7O4/c1-2-18-11(12(13)21)9(6-15-18)16-10(20)3-4-17-7-8(5-14-17)19(22)23/h5-7H,2-4H2,1H3,(H2,13,21)(H,16,20). The second-order valence-electron chi connectivity index (χ2n) is 4.60. The third-order valence-electron chi connectivity index (χ3n) is 3.04. The zero-order valence-electron chi connectivity index (χ0n) is 12.3. The number of aryl methyl sites for hydroxylation is 2. The molecule has 0 fully saturated rings. The maximum atomic E-state index is 11.9. The van der Waals surface area contributed by atoms with Gasteiger partial charge >= 0.3 is 5.69 Å². The summed E-state index contributed by atoms with van der Waals surface area (Å²) >= 11 is 0. The van der Waals surface area contributed by atoms with Gasteiger partial charge in [0.25, 0.3) is 5.91 Å². The summed E-state index contributed by atoms with van der Waals surface area (Å²) in [7, 11) is 0. The average Bonchev–Trinajstić information content (AvgIpc) is 3.11. The van der Waals surface area contributed by atoms with Gasteiger partial charge in [-0.2, -0.15) is 10.2 Å². The molecule has 0 saturated heterocycles. The Bertz CT molecular complexity index is 748. The quantitative estimate of drug-likeness (QED) is 0.546. The van der Waals surface area contributed by atoms with Gasteiger partial charge in [0, 0.05) is 19.5 Å². The van der Waals surface area contributed by atoms with Crippen LogP contribution in [0.2, 0.25) is 0 Å². The first-order valence-electron chi connectivity index (χ1n) is 6.74. The number of nitrogens with one attached hydrogen (secondary N) is 1. The average molecular weight is 321 g/mol. The van der Waals surface area contributed by atoms with Crippen LogP contribution in [-0.4, -0.2) is 36.3 Å². The largest absolute Gasteiger partial charge is 0.364 e. The van der Waals surface area contributed by atoms with Gasteiger partial charge in [-0.15, -0.1) is 0 Å². The van der Waals surface area contributed by atoms with Crippen LogP contribution < -0.4 is 11.1 Å². The molecule has 11 heteroatoms. The minimum atomic E-state index is -0.692. The zero-order valence-corrected chi connectivity index (χ0v) is 12.3. The van der Waals surface area contributed by atoms with Crippen LogP contribution in [0, 0.1) is 10.1 Å². The van der Waals surface area contributed by atoms with E-state index >= 15 is 0 Å². The third kappa shape index (κ3) is 3.70. The van der Waals surface area contributed by atoms with E-state index in [9.17, 15) is 19.7 Å². The van der Waals surface area contributed by atoms with E-state index in [0.717, 1.165) is 6.20 Å². The number of hydrogen-bond donors (Lipinski definition) is 2. The van der Waals surface area contributed by atoms with Crippen molar-refractivity contribution in [2.75, 3.05) is 5.32 Å². The van der Waals surface area contributed by atoms with Crippen molar-refractivity contribution in [1.29, 1.82) is 0 Å². The molecule has 0 aliphatic heterocycles. The van der Waals surface area contributed by atoms with Crippen LogP contribution in [0.1, 0.15) is 23.8 Å². The Kier molecular flexibility index (Phi) is 4.69. The van der Waals surface area contributed by atoms with Gasteiger partial charge in [-0.1, -0.05) is 0 Å². The van der Waals surface area contributed by atoms with Crippen molar-refractivity contribution in [3.63, 3.8) is 0 Å². The minimum absolute atomic E-state index is 0.0222. The number of carbonyl (C=O) groups is 2. The lowest BCUT2D eigenvalue weighted by molar-refractivity contribution is -0.385. The highest BCUT2D eigenvalue weighted by atomic mass is 16.6. The topological polar surface area (TPSA) is 151 Å². The first kappa shape index (κ1) is 16.1. The molecule has 11 nitrogen and oxygen atoms in total. The van der Waals surface area contributed by atoms with E-state index < -0.39 is 10.8 Å². The summed E-state index contributed by atoms with van der Waals surface area (Å²) in [5.41, 5.74) is 5.48. The highest BCUT2D eigenvalue weighted by Gasteiger charge is 2.17. The molecule has 0 unspecified atom stereocenters. The van der Waals surface area contributed by atoms with Crippen molar-refractivity contribution < 1.29 is 14.5 Å². The van der Waals surface area contributed by atoms with Crippen LogP contribution in [0.15, 0.2) is 18.6 Å². The minimum Gasteiger partial charge on any atom is -0.364 e. The fraction of sp³-hybridized carbons (Fsp3) is 0.333.